The fourth-order valence-electron chi connectivity index (χ4n) is 8.73. The van der Waals surface area contributed by atoms with Crippen molar-refractivity contribution in [2.45, 2.75) is 120 Å². The van der Waals surface area contributed by atoms with Crippen molar-refractivity contribution in [3.63, 3.8) is 0 Å². The number of carboxylic acid groups (broad SMARTS) is 3. The lowest BCUT2D eigenvalue weighted by Gasteiger charge is -2.32. The number of likely N-dealkylation sites (tertiary alicyclic amines) is 2. The number of hydrogen-bond donors (Lipinski definition) is 12. The first-order valence-electron chi connectivity index (χ1n) is 23.9. The first kappa shape index (κ1) is 56.6. The van der Waals surface area contributed by atoms with Gasteiger partial charge in [0.25, 0.3) is 0 Å². The Morgan fingerprint density at radius 2 is 0.878 bits per heavy atom. The van der Waals surface area contributed by atoms with Crippen LogP contribution in [-0.4, -0.2) is 161 Å². The Kier molecular flexibility index (Phi) is 19.8. The summed E-state index contributed by atoms with van der Waals surface area (Å²) in [6, 6.07) is 5.55. The second kappa shape index (κ2) is 25.9. The molecule has 0 aromatic heterocycles. The number of phenols is 3. The van der Waals surface area contributed by atoms with Crippen LogP contribution in [0.5, 0.6) is 17.2 Å². The number of amides is 7. The standard InChI is InChI=1S/C50H62N8O16/c1-26(2)42(49(72)58-20-4-6-39(58)47(70)54-35(24-40(62)63)44(67)55-37(50(73)74)23-29-11-17-32(61)18-12-29)56-45(68)36(25-41(64)65)52-43(66)34(22-28-9-15-31(60)16-10-28)53-46(69)38-5-3-19-57(38)48(71)33(51)21-27-7-13-30(59)14-8-27/h7-18,26,33-39,42,59-61H,3-6,19-25,51H2,1-2H3,(H,52,66)(H,53,69)(H,54,70)(H,55,67)(H,56,68)(H,62,63)(H,64,65)(H,73,74). The van der Waals surface area contributed by atoms with Crippen LogP contribution in [-0.2, 0) is 67.2 Å². The number of nitrogens with one attached hydrogen (secondary N) is 5. The molecule has 7 amide bonds. The van der Waals surface area contributed by atoms with Gasteiger partial charge in [-0.1, -0.05) is 50.2 Å². The van der Waals surface area contributed by atoms with Gasteiger partial charge in [0.2, 0.25) is 41.4 Å². The first-order chi connectivity index (χ1) is 35.0. The van der Waals surface area contributed by atoms with Crippen molar-refractivity contribution in [3.8, 4) is 17.2 Å². The van der Waals surface area contributed by atoms with Gasteiger partial charge < -0.3 is 72.8 Å². The summed E-state index contributed by atoms with van der Waals surface area (Å²) in [4.78, 5) is 136. The summed E-state index contributed by atoms with van der Waals surface area (Å²) >= 11 is 0. The Bertz CT molecular complexity index is 2540. The van der Waals surface area contributed by atoms with Gasteiger partial charge in [-0.05, 0) is 91.1 Å². The van der Waals surface area contributed by atoms with Crippen molar-refractivity contribution in [3.05, 3.63) is 89.5 Å². The lowest BCUT2D eigenvalue weighted by Crippen LogP contribution is -2.61. The number of nitrogens with zero attached hydrogens (tertiary/aromatic N) is 2. The first-order valence-corrected chi connectivity index (χ1v) is 23.9. The third-order valence-corrected chi connectivity index (χ3v) is 12.6. The average Bonchev–Trinajstić information content (AvgIpc) is 4.05. The van der Waals surface area contributed by atoms with Gasteiger partial charge in [0.05, 0.1) is 18.9 Å². The van der Waals surface area contributed by atoms with Crippen molar-refractivity contribution in [1.82, 2.24) is 36.4 Å². The number of carboxylic acids is 3. The number of aromatic hydroxyl groups is 3. The fourth-order valence-corrected chi connectivity index (χ4v) is 8.73. The van der Waals surface area contributed by atoms with Crippen LogP contribution in [0.15, 0.2) is 72.8 Å². The highest BCUT2D eigenvalue weighted by molar-refractivity contribution is 5.99. The molecule has 24 nitrogen and oxygen atoms in total. The lowest BCUT2D eigenvalue weighted by atomic mass is 10.0. The molecular weight excluding hydrogens is 969 g/mol. The quantitative estimate of drug-likeness (QED) is 0.0525. The lowest BCUT2D eigenvalue weighted by molar-refractivity contribution is -0.146. The van der Waals surface area contributed by atoms with E-state index < -0.39 is 126 Å². The summed E-state index contributed by atoms with van der Waals surface area (Å²) in [5.74, 6) is -11.8. The molecule has 8 unspecified atom stereocenters. The van der Waals surface area contributed by atoms with Crippen LogP contribution in [0.4, 0.5) is 0 Å². The molecule has 2 saturated heterocycles. The molecule has 5 rings (SSSR count). The maximum absolute atomic E-state index is 14.3. The molecule has 24 heteroatoms. The minimum absolute atomic E-state index is 0.0233. The predicted molar refractivity (Wildman–Crippen MR) is 260 cm³/mol. The number of rotatable bonds is 24. The van der Waals surface area contributed by atoms with Gasteiger partial charge in [-0.3, -0.25) is 43.2 Å². The van der Waals surface area contributed by atoms with Crippen molar-refractivity contribution in [2.24, 2.45) is 11.7 Å². The molecule has 13 N–H and O–H groups in total. The fraction of sp³-hybridized carbons (Fsp3) is 0.440. The van der Waals surface area contributed by atoms with Crippen LogP contribution < -0.4 is 32.3 Å². The third-order valence-electron chi connectivity index (χ3n) is 12.6. The second-order valence-corrected chi connectivity index (χ2v) is 18.6. The van der Waals surface area contributed by atoms with Gasteiger partial charge in [-0.15, -0.1) is 0 Å². The molecular formula is C50H62N8O16. The van der Waals surface area contributed by atoms with Gasteiger partial charge in [0, 0.05) is 25.9 Å². The summed E-state index contributed by atoms with van der Waals surface area (Å²) in [7, 11) is 0. The van der Waals surface area contributed by atoms with Crippen molar-refractivity contribution < 1.29 is 78.6 Å². The number of carbonyl (C=O) groups excluding carboxylic acids is 7. The number of carbonyl (C=O) groups is 10. The van der Waals surface area contributed by atoms with Crippen LogP contribution in [0.1, 0.15) is 69.1 Å². The van der Waals surface area contributed by atoms with E-state index in [0.717, 1.165) is 4.90 Å². The smallest absolute Gasteiger partial charge is 0.326 e. The van der Waals surface area contributed by atoms with Crippen LogP contribution >= 0.6 is 0 Å². The number of phenolic OH excluding ortho intramolecular Hbond substituents is 3. The van der Waals surface area contributed by atoms with Gasteiger partial charge in [0.1, 0.15) is 59.5 Å². The monoisotopic (exact) mass is 1030 g/mol. The second-order valence-electron chi connectivity index (χ2n) is 18.6. The molecule has 0 bridgehead atoms. The molecule has 398 valence electrons. The van der Waals surface area contributed by atoms with E-state index in [-0.39, 0.29) is 68.9 Å². The molecule has 3 aromatic carbocycles. The maximum atomic E-state index is 14.3. The highest BCUT2D eigenvalue weighted by atomic mass is 16.4. The van der Waals surface area contributed by atoms with E-state index in [1.54, 1.807) is 26.0 Å². The zero-order chi connectivity index (χ0) is 54.4. The SMILES string of the molecule is CC(C)C(NC(=O)C(CC(=O)O)NC(=O)C(Cc1ccc(O)cc1)NC(=O)C1CCCN1C(=O)C(N)Cc1ccc(O)cc1)C(=O)N1CCCC1C(=O)NC(CC(=O)O)C(=O)NC(Cc1ccc(O)cc1)C(=O)O. The molecule has 0 aliphatic carbocycles. The number of benzene rings is 3. The number of hydrogen-bond acceptors (Lipinski definition) is 14. The van der Waals surface area contributed by atoms with E-state index in [0.29, 0.717) is 23.1 Å². The van der Waals surface area contributed by atoms with Crippen LogP contribution in [0, 0.1) is 5.92 Å². The van der Waals surface area contributed by atoms with Crippen LogP contribution in [0.25, 0.3) is 0 Å². The molecule has 8 atom stereocenters. The van der Waals surface area contributed by atoms with Crippen molar-refractivity contribution in [2.75, 3.05) is 13.1 Å². The van der Waals surface area contributed by atoms with Crippen molar-refractivity contribution in [1.29, 1.82) is 0 Å². The van der Waals surface area contributed by atoms with Gasteiger partial charge in [0.15, 0.2) is 0 Å². The highest BCUT2D eigenvalue weighted by Crippen LogP contribution is 2.23. The Labute approximate surface area is 424 Å². The van der Waals surface area contributed by atoms with E-state index in [4.69, 9.17) is 5.73 Å². The molecule has 0 spiro atoms. The number of aliphatic carboxylic acids is 3. The summed E-state index contributed by atoms with van der Waals surface area (Å²) in [6.07, 6.45) is -1.47. The minimum Gasteiger partial charge on any atom is -0.508 e. The predicted octanol–water partition coefficient (Wildman–Crippen LogP) is -0.745. The molecule has 74 heavy (non-hydrogen) atoms. The third kappa shape index (κ3) is 15.9. The zero-order valence-electron chi connectivity index (χ0n) is 40.6. The van der Waals surface area contributed by atoms with Gasteiger partial charge in [-0.25, -0.2) is 4.79 Å². The molecule has 2 heterocycles. The normalized spacial score (nSPS) is 17.7. The summed E-state index contributed by atoms with van der Waals surface area (Å²) in [5.41, 5.74) is 7.77. The highest BCUT2D eigenvalue weighted by Gasteiger charge is 2.42. The van der Waals surface area contributed by atoms with Crippen LogP contribution in [0.2, 0.25) is 0 Å². The van der Waals surface area contributed by atoms with Crippen LogP contribution in [0.3, 0.4) is 0 Å². The molecule has 2 aliphatic rings. The molecule has 2 fully saturated rings. The summed E-state index contributed by atoms with van der Waals surface area (Å²) < 4.78 is 0. The Hall–Kier alpha value is -8.28. The zero-order valence-corrected chi connectivity index (χ0v) is 40.6. The van der Waals surface area contributed by atoms with Gasteiger partial charge >= 0.3 is 17.9 Å². The Morgan fingerprint density at radius 3 is 1.31 bits per heavy atom. The molecule has 0 saturated carbocycles. The molecule has 3 aromatic rings. The average molecular weight is 1030 g/mol. The van der Waals surface area contributed by atoms with E-state index in [1.807, 2.05) is 0 Å². The van der Waals surface area contributed by atoms with E-state index in [1.165, 1.54) is 65.6 Å². The Balaban J connectivity index is 1.29. The summed E-state index contributed by atoms with van der Waals surface area (Å²) in [5, 5.41) is 70.5. The largest absolute Gasteiger partial charge is 0.508 e. The van der Waals surface area contributed by atoms with E-state index in [9.17, 15) is 78.6 Å². The summed E-state index contributed by atoms with van der Waals surface area (Å²) in [6.45, 7) is 3.23. The van der Waals surface area contributed by atoms with Crippen molar-refractivity contribution >= 4 is 59.3 Å². The van der Waals surface area contributed by atoms with E-state index in [2.05, 4.69) is 26.6 Å². The Morgan fingerprint density at radius 1 is 0.514 bits per heavy atom. The molecule has 2 aliphatic heterocycles. The maximum Gasteiger partial charge on any atom is 0.326 e. The molecule has 0 radical (unpaired) electrons. The topological polar surface area (TPSA) is 385 Å². The number of nitrogens with two attached hydrogens (primary N) is 1. The minimum atomic E-state index is -1.85. The van der Waals surface area contributed by atoms with Gasteiger partial charge in [-0.2, -0.15) is 0 Å². The van der Waals surface area contributed by atoms with E-state index >= 15 is 0 Å².